The van der Waals surface area contributed by atoms with Crippen molar-refractivity contribution in [3.8, 4) is 0 Å². The van der Waals surface area contributed by atoms with Crippen LogP contribution in [0.1, 0.15) is 19.8 Å². The van der Waals surface area contributed by atoms with Gasteiger partial charge in [0, 0.05) is 19.0 Å². The molecule has 1 fully saturated rings. The zero-order chi connectivity index (χ0) is 16.7. The zero-order valence-corrected chi connectivity index (χ0v) is 13.3. The summed E-state index contributed by atoms with van der Waals surface area (Å²) in [5, 5.41) is 41.5. The van der Waals surface area contributed by atoms with Crippen LogP contribution in [0.2, 0.25) is 0 Å². The number of urea groups is 1. The third kappa shape index (κ3) is 4.68. The van der Waals surface area contributed by atoms with Crippen molar-refractivity contribution in [3.05, 3.63) is 0 Å². The smallest absolute Gasteiger partial charge is 0.319 e. The summed E-state index contributed by atoms with van der Waals surface area (Å²) in [5.41, 5.74) is 0. The summed E-state index contributed by atoms with van der Waals surface area (Å²) < 4.78 is 5.41. The quantitative estimate of drug-likeness (QED) is 0.372. The number of unbranched alkanes of at least 4 members (excludes halogenated alkanes) is 1. The number of hydrogen-bond acceptors (Lipinski definition) is 6. The fourth-order valence-corrected chi connectivity index (χ4v) is 2.36. The molecule has 130 valence electrons. The molecule has 0 aromatic heterocycles. The van der Waals surface area contributed by atoms with Crippen LogP contribution in [0, 0.1) is 0 Å². The van der Waals surface area contributed by atoms with Gasteiger partial charge in [-0.05, 0) is 6.42 Å². The summed E-state index contributed by atoms with van der Waals surface area (Å²) in [7, 11) is 0. The Bertz CT molecular complexity index is 346. The number of halogens is 1. The van der Waals surface area contributed by atoms with E-state index in [1.807, 2.05) is 6.92 Å². The lowest BCUT2D eigenvalue weighted by Crippen LogP contribution is -2.65. The van der Waals surface area contributed by atoms with Gasteiger partial charge < -0.3 is 30.5 Å². The minimum absolute atomic E-state index is 0.238. The average molecular weight is 341 g/mol. The van der Waals surface area contributed by atoms with Gasteiger partial charge in [0.15, 0.2) is 6.23 Å². The molecule has 22 heavy (non-hydrogen) atoms. The van der Waals surface area contributed by atoms with Crippen molar-refractivity contribution in [1.82, 2.24) is 10.2 Å². The molecule has 0 unspecified atom stereocenters. The van der Waals surface area contributed by atoms with E-state index in [2.05, 4.69) is 5.32 Å². The van der Waals surface area contributed by atoms with Crippen LogP contribution in [0.15, 0.2) is 0 Å². The molecule has 1 aliphatic heterocycles. The van der Waals surface area contributed by atoms with Crippen molar-refractivity contribution in [1.29, 1.82) is 0 Å². The molecule has 1 saturated heterocycles. The van der Waals surface area contributed by atoms with Crippen LogP contribution in [0.25, 0.3) is 0 Å². The third-order valence-corrected chi connectivity index (χ3v) is 3.75. The number of rotatable bonds is 7. The Morgan fingerprint density at radius 3 is 2.50 bits per heavy atom. The van der Waals surface area contributed by atoms with E-state index in [4.69, 9.17) is 16.3 Å². The molecule has 5 atom stereocenters. The van der Waals surface area contributed by atoms with E-state index in [-0.39, 0.29) is 12.4 Å². The van der Waals surface area contributed by atoms with Gasteiger partial charge in [0.05, 0.1) is 6.61 Å². The van der Waals surface area contributed by atoms with Crippen molar-refractivity contribution in [2.24, 2.45) is 0 Å². The molecular weight excluding hydrogens is 316 g/mol. The number of hydrogen-bond donors (Lipinski definition) is 5. The summed E-state index contributed by atoms with van der Waals surface area (Å²) in [6.45, 7) is 1.96. The minimum Gasteiger partial charge on any atom is -0.394 e. The number of carbonyl (C=O) groups excluding carboxylic acids is 1. The molecule has 5 N–H and O–H groups in total. The summed E-state index contributed by atoms with van der Waals surface area (Å²) in [5.74, 6) is 0.238. The predicted molar refractivity (Wildman–Crippen MR) is 79.5 cm³/mol. The first kappa shape index (κ1) is 19.4. The van der Waals surface area contributed by atoms with Gasteiger partial charge in [-0.15, -0.1) is 11.6 Å². The highest BCUT2D eigenvalue weighted by molar-refractivity contribution is 6.18. The van der Waals surface area contributed by atoms with Crippen LogP contribution in [0.4, 0.5) is 4.79 Å². The van der Waals surface area contributed by atoms with E-state index in [1.165, 1.54) is 4.90 Å². The fourth-order valence-electron chi connectivity index (χ4n) is 2.27. The SMILES string of the molecule is CCCCN(C(=O)NCCCl)[C@@H]1O[C@H](CO)[C@H](O)[C@H](O)[C@H]1O. The van der Waals surface area contributed by atoms with Crippen molar-refractivity contribution >= 4 is 17.6 Å². The van der Waals surface area contributed by atoms with Gasteiger partial charge in [-0.2, -0.15) is 0 Å². The lowest BCUT2D eigenvalue weighted by molar-refractivity contribution is -0.257. The molecule has 0 aromatic carbocycles. The second-order valence-corrected chi connectivity index (χ2v) is 5.57. The van der Waals surface area contributed by atoms with E-state index in [1.54, 1.807) is 0 Å². The number of aliphatic hydroxyl groups excluding tert-OH is 4. The van der Waals surface area contributed by atoms with Gasteiger partial charge in [0.25, 0.3) is 0 Å². The first-order valence-electron chi connectivity index (χ1n) is 7.38. The van der Waals surface area contributed by atoms with Crippen LogP contribution in [0.3, 0.4) is 0 Å². The second-order valence-electron chi connectivity index (χ2n) is 5.19. The molecule has 0 spiro atoms. The van der Waals surface area contributed by atoms with Gasteiger partial charge in [-0.1, -0.05) is 13.3 Å². The topological polar surface area (TPSA) is 122 Å². The Morgan fingerprint density at radius 2 is 1.95 bits per heavy atom. The lowest BCUT2D eigenvalue weighted by Gasteiger charge is -2.44. The van der Waals surface area contributed by atoms with Gasteiger partial charge in [0.2, 0.25) is 0 Å². The summed E-state index contributed by atoms with van der Waals surface area (Å²) in [4.78, 5) is 13.4. The lowest BCUT2D eigenvalue weighted by atomic mass is 9.97. The first-order valence-corrected chi connectivity index (χ1v) is 7.92. The summed E-state index contributed by atoms with van der Waals surface area (Å²) in [6, 6.07) is -0.488. The van der Waals surface area contributed by atoms with Gasteiger partial charge >= 0.3 is 6.03 Å². The number of aliphatic hydroxyl groups is 4. The number of nitrogens with one attached hydrogen (secondary N) is 1. The van der Waals surface area contributed by atoms with E-state index >= 15 is 0 Å². The van der Waals surface area contributed by atoms with E-state index in [0.717, 1.165) is 6.42 Å². The molecule has 9 heteroatoms. The number of nitrogens with zero attached hydrogens (tertiary/aromatic N) is 1. The van der Waals surface area contributed by atoms with Crippen molar-refractivity contribution in [2.45, 2.75) is 50.4 Å². The zero-order valence-electron chi connectivity index (χ0n) is 12.6. The van der Waals surface area contributed by atoms with Crippen LogP contribution in [-0.2, 0) is 4.74 Å². The molecule has 1 heterocycles. The molecule has 0 saturated carbocycles. The molecule has 0 aliphatic carbocycles. The second kappa shape index (κ2) is 9.49. The molecule has 8 nitrogen and oxygen atoms in total. The van der Waals surface area contributed by atoms with E-state index in [0.29, 0.717) is 13.0 Å². The van der Waals surface area contributed by atoms with Crippen molar-refractivity contribution in [2.75, 3.05) is 25.6 Å². The largest absolute Gasteiger partial charge is 0.394 e. The molecule has 1 rings (SSSR count). The van der Waals surface area contributed by atoms with Crippen LogP contribution in [0.5, 0.6) is 0 Å². The molecule has 0 aromatic rings. The van der Waals surface area contributed by atoms with Gasteiger partial charge in [-0.3, -0.25) is 4.90 Å². The van der Waals surface area contributed by atoms with Crippen molar-refractivity contribution < 1.29 is 30.0 Å². The maximum absolute atomic E-state index is 12.2. The Hall–Kier alpha value is -0.640. The third-order valence-electron chi connectivity index (χ3n) is 3.56. The summed E-state index contributed by atoms with van der Waals surface area (Å²) in [6.07, 6.45) is -5.15. The monoisotopic (exact) mass is 340 g/mol. The minimum atomic E-state index is -1.51. The highest BCUT2D eigenvalue weighted by atomic mass is 35.5. The standard InChI is InChI=1S/C13H25ClN2O6/c1-2-3-6-16(13(21)15-5-4-14)12-11(20)10(19)9(18)8(7-17)22-12/h8-12,17-20H,2-7H2,1H3,(H,15,21)/t8-,9+,10+,11-,12-/m1/s1. The van der Waals surface area contributed by atoms with Crippen molar-refractivity contribution in [3.63, 3.8) is 0 Å². The normalized spacial score (nSPS) is 31.8. The maximum Gasteiger partial charge on any atom is 0.319 e. The molecular formula is C13H25ClN2O6. The molecule has 0 bridgehead atoms. The number of amides is 2. The highest BCUT2D eigenvalue weighted by Gasteiger charge is 2.46. The maximum atomic E-state index is 12.2. The fraction of sp³-hybridized carbons (Fsp3) is 0.923. The van der Waals surface area contributed by atoms with E-state index < -0.39 is 43.3 Å². The predicted octanol–water partition coefficient (Wildman–Crippen LogP) is -1.16. The Labute approximate surface area is 134 Å². The highest BCUT2D eigenvalue weighted by Crippen LogP contribution is 2.24. The van der Waals surface area contributed by atoms with Gasteiger partial charge in [-0.25, -0.2) is 4.79 Å². The average Bonchev–Trinajstić information content (AvgIpc) is 2.52. The Balaban J connectivity index is 2.88. The molecule has 1 aliphatic rings. The van der Waals surface area contributed by atoms with Gasteiger partial charge in [0.1, 0.15) is 24.4 Å². The first-order chi connectivity index (χ1) is 10.5. The molecule has 2 amide bonds. The summed E-state index contributed by atoms with van der Waals surface area (Å²) >= 11 is 5.54. The van der Waals surface area contributed by atoms with Crippen LogP contribution in [-0.4, -0.2) is 87.6 Å². The Morgan fingerprint density at radius 1 is 1.27 bits per heavy atom. The Kier molecular flexibility index (Phi) is 8.37. The number of alkyl halides is 1. The van der Waals surface area contributed by atoms with E-state index in [9.17, 15) is 25.2 Å². The number of carbonyl (C=O) groups is 1. The number of ether oxygens (including phenoxy) is 1. The molecule has 0 radical (unpaired) electrons. The van der Waals surface area contributed by atoms with Crippen LogP contribution >= 0.6 is 11.6 Å². The van der Waals surface area contributed by atoms with Crippen LogP contribution < -0.4 is 5.32 Å².